The van der Waals surface area contributed by atoms with Crippen molar-refractivity contribution in [1.29, 1.82) is 0 Å². The summed E-state index contributed by atoms with van der Waals surface area (Å²) < 4.78 is 39.0. The summed E-state index contributed by atoms with van der Waals surface area (Å²) in [6.45, 7) is 5.48. The number of methoxy groups -OCH3 is 2. The van der Waals surface area contributed by atoms with Crippen LogP contribution in [0.15, 0.2) is 60.7 Å². The Morgan fingerprint density at radius 2 is 1.45 bits per heavy atom. The Morgan fingerprint density at radius 1 is 0.968 bits per heavy atom. The number of hydrogen-bond acceptors (Lipinski definition) is 6. The highest BCUT2D eigenvalue weighted by atomic mass is 31.2. The van der Waals surface area contributed by atoms with E-state index in [1.807, 2.05) is 57.2 Å². The molecule has 2 aromatic rings. The lowest BCUT2D eigenvalue weighted by atomic mass is 10.1. The molecular formula is C23H28NO6P. The van der Waals surface area contributed by atoms with Crippen LogP contribution in [0.1, 0.15) is 20.8 Å². The Bertz CT molecular complexity index is 948. The van der Waals surface area contributed by atoms with Crippen molar-refractivity contribution < 1.29 is 28.3 Å². The summed E-state index contributed by atoms with van der Waals surface area (Å²) in [5.74, 6) is 0. The summed E-state index contributed by atoms with van der Waals surface area (Å²) in [5.41, 5.74) is -2.63. The SMILES string of the molecule is COC(OC)([C@@H]1OC(=O)N2[C@H]1[C@@H](C)OC2(C)C)P(=O)(c1ccccc1)c1ccccc1. The number of carbonyl (C=O) groups excluding carboxylic acids is 1. The van der Waals surface area contributed by atoms with Crippen molar-refractivity contribution in [3.05, 3.63) is 60.7 Å². The number of cyclic esters (lactones) is 1. The number of ether oxygens (including phenoxy) is 4. The highest BCUT2D eigenvalue weighted by molar-refractivity contribution is 7.79. The first-order chi connectivity index (χ1) is 14.7. The van der Waals surface area contributed by atoms with Gasteiger partial charge in [0.1, 0.15) is 11.8 Å². The molecule has 2 saturated heterocycles. The summed E-state index contributed by atoms with van der Waals surface area (Å²) in [5, 5.41) is 1.09. The molecule has 0 radical (unpaired) electrons. The van der Waals surface area contributed by atoms with Gasteiger partial charge in [-0.1, -0.05) is 60.7 Å². The molecule has 0 aliphatic carbocycles. The van der Waals surface area contributed by atoms with E-state index in [-0.39, 0.29) is 6.10 Å². The van der Waals surface area contributed by atoms with Crippen LogP contribution >= 0.6 is 7.14 Å². The van der Waals surface area contributed by atoms with Gasteiger partial charge >= 0.3 is 6.09 Å². The average molecular weight is 445 g/mol. The second-order valence-electron chi connectivity index (χ2n) is 8.25. The van der Waals surface area contributed by atoms with Crippen molar-refractivity contribution in [3.8, 4) is 0 Å². The minimum absolute atomic E-state index is 0.379. The molecule has 31 heavy (non-hydrogen) atoms. The molecule has 2 aliphatic heterocycles. The van der Waals surface area contributed by atoms with Gasteiger partial charge in [0, 0.05) is 24.8 Å². The zero-order valence-electron chi connectivity index (χ0n) is 18.3. The molecule has 0 unspecified atom stereocenters. The summed E-state index contributed by atoms with van der Waals surface area (Å²) in [6.07, 6.45) is -1.91. The first-order valence-electron chi connectivity index (χ1n) is 10.2. The van der Waals surface area contributed by atoms with E-state index in [9.17, 15) is 4.79 Å². The van der Waals surface area contributed by atoms with E-state index in [4.69, 9.17) is 18.9 Å². The smallest absolute Gasteiger partial charge is 0.413 e. The maximum Gasteiger partial charge on any atom is 0.413 e. The van der Waals surface area contributed by atoms with Crippen LogP contribution in [0.25, 0.3) is 0 Å². The van der Waals surface area contributed by atoms with Gasteiger partial charge in [0.2, 0.25) is 7.14 Å². The molecule has 3 atom stereocenters. The lowest BCUT2D eigenvalue weighted by Gasteiger charge is -2.42. The summed E-state index contributed by atoms with van der Waals surface area (Å²) in [4.78, 5) is 14.5. The van der Waals surface area contributed by atoms with Gasteiger partial charge < -0.3 is 23.5 Å². The average Bonchev–Trinajstić information content (AvgIpc) is 3.25. The number of hydrogen-bond donors (Lipinski definition) is 0. The van der Waals surface area contributed by atoms with E-state index in [0.717, 1.165) is 0 Å². The number of fused-ring (bicyclic) bond motifs is 1. The van der Waals surface area contributed by atoms with E-state index < -0.39 is 36.6 Å². The molecule has 0 spiro atoms. The molecule has 166 valence electrons. The number of carbonyl (C=O) groups is 1. The molecule has 2 aliphatic rings. The Hall–Kier alpha value is -2.18. The third kappa shape index (κ3) is 3.06. The molecule has 2 fully saturated rings. The standard InChI is InChI=1S/C23H28NO6P/c1-16-19-20(29-21(25)24(19)22(2,3)30-16)23(27-4,28-5)31(26,17-12-8-6-9-13-17)18-14-10-7-11-15-18/h6-16,19-20H,1-5H3/t16-,19+,20-/m1/s1. The third-order valence-corrected chi connectivity index (χ3v) is 9.74. The van der Waals surface area contributed by atoms with Gasteiger partial charge in [-0.05, 0) is 20.8 Å². The summed E-state index contributed by atoms with van der Waals surface area (Å²) in [6, 6.07) is 17.6. The zero-order chi connectivity index (χ0) is 22.4. The predicted octanol–water partition coefficient (Wildman–Crippen LogP) is 3.29. The molecule has 0 saturated carbocycles. The first-order valence-corrected chi connectivity index (χ1v) is 11.9. The van der Waals surface area contributed by atoms with Crippen LogP contribution in [0.5, 0.6) is 0 Å². The van der Waals surface area contributed by atoms with Crippen LogP contribution in [-0.4, -0.2) is 54.7 Å². The highest BCUT2D eigenvalue weighted by Crippen LogP contribution is 2.61. The van der Waals surface area contributed by atoms with Gasteiger partial charge in [-0.25, -0.2) is 4.79 Å². The maximum absolute atomic E-state index is 15.2. The van der Waals surface area contributed by atoms with Crippen LogP contribution in [0.3, 0.4) is 0 Å². The summed E-state index contributed by atoms with van der Waals surface area (Å²) >= 11 is 0. The minimum atomic E-state index is -3.66. The number of rotatable bonds is 6. The van der Waals surface area contributed by atoms with E-state index in [2.05, 4.69) is 0 Å². The largest absolute Gasteiger partial charge is 0.437 e. The number of amides is 1. The van der Waals surface area contributed by atoms with Crippen LogP contribution in [0, 0.1) is 0 Å². The highest BCUT2D eigenvalue weighted by Gasteiger charge is 2.69. The van der Waals surface area contributed by atoms with Crippen molar-refractivity contribution >= 4 is 23.8 Å². The Kier molecular flexibility index (Phi) is 5.51. The molecule has 0 bridgehead atoms. The normalized spacial score (nSPS) is 25.4. The van der Waals surface area contributed by atoms with Crippen LogP contribution in [-0.2, 0) is 23.5 Å². The lowest BCUT2D eigenvalue weighted by molar-refractivity contribution is -0.200. The topological polar surface area (TPSA) is 74.3 Å². The van der Waals surface area contributed by atoms with Gasteiger partial charge in [0.15, 0.2) is 6.10 Å². The van der Waals surface area contributed by atoms with Gasteiger partial charge in [0.25, 0.3) is 5.53 Å². The molecule has 2 aromatic carbocycles. The van der Waals surface area contributed by atoms with Crippen LogP contribution in [0.4, 0.5) is 4.79 Å². The van der Waals surface area contributed by atoms with E-state index in [1.54, 1.807) is 29.2 Å². The number of nitrogens with zero attached hydrogens (tertiary/aromatic N) is 1. The third-order valence-electron chi connectivity index (χ3n) is 6.19. The Labute approximate surface area is 182 Å². The fourth-order valence-corrected chi connectivity index (χ4v) is 8.22. The zero-order valence-corrected chi connectivity index (χ0v) is 19.2. The van der Waals surface area contributed by atoms with Crippen molar-refractivity contribution in [2.24, 2.45) is 0 Å². The molecule has 4 rings (SSSR count). The number of benzene rings is 2. The quantitative estimate of drug-likeness (QED) is 0.502. The van der Waals surface area contributed by atoms with E-state index in [0.29, 0.717) is 10.6 Å². The predicted molar refractivity (Wildman–Crippen MR) is 117 cm³/mol. The lowest BCUT2D eigenvalue weighted by Crippen LogP contribution is -2.57. The molecule has 7 nitrogen and oxygen atoms in total. The van der Waals surface area contributed by atoms with Crippen molar-refractivity contribution in [1.82, 2.24) is 4.90 Å². The van der Waals surface area contributed by atoms with Gasteiger partial charge in [0.05, 0.1) is 6.10 Å². The second kappa shape index (κ2) is 7.75. The van der Waals surface area contributed by atoms with E-state index in [1.165, 1.54) is 14.2 Å². The van der Waals surface area contributed by atoms with Crippen LogP contribution in [0.2, 0.25) is 0 Å². The molecule has 0 aromatic heterocycles. The monoisotopic (exact) mass is 445 g/mol. The van der Waals surface area contributed by atoms with Crippen molar-refractivity contribution in [2.45, 2.75) is 50.3 Å². The minimum Gasteiger partial charge on any atom is -0.437 e. The molecule has 0 N–H and O–H groups in total. The fraction of sp³-hybridized carbons (Fsp3) is 0.435. The molecule has 8 heteroatoms. The summed E-state index contributed by atoms with van der Waals surface area (Å²) in [7, 11) is -0.793. The molecule has 2 heterocycles. The first kappa shape index (κ1) is 22.0. The van der Waals surface area contributed by atoms with Gasteiger partial charge in [-0.2, -0.15) is 0 Å². The Morgan fingerprint density at radius 3 is 1.90 bits per heavy atom. The van der Waals surface area contributed by atoms with Crippen molar-refractivity contribution in [2.75, 3.05) is 14.2 Å². The fourth-order valence-electron chi connectivity index (χ4n) is 4.94. The molecule has 1 amide bonds. The molecular weight excluding hydrogens is 417 g/mol. The van der Waals surface area contributed by atoms with E-state index >= 15 is 4.57 Å². The van der Waals surface area contributed by atoms with Gasteiger partial charge in [-0.15, -0.1) is 0 Å². The van der Waals surface area contributed by atoms with Crippen LogP contribution < -0.4 is 10.6 Å². The van der Waals surface area contributed by atoms with Gasteiger partial charge in [-0.3, -0.25) is 4.90 Å². The maximum atomic E-state index is 15.2. The Balaban J connectivity index is 1.96. The second-order valence-corrected chi connectivity index (χ2v) is 11.1. The van der Waals surface area contributed by atoms with Crippen molar-refractivity contribution in [3.63, 3.8) is 0 Å².